The van der Waals surface area contributed by atoms with Crippen molar-refractivity contribution in [1.82, 2.24) is 9.97 Å². The van der Waals surface area contributed by atoms with Gasteiger partial charge in [0.2, 0.25) is 23.3 Å². The molecule has 8 rings (SSSR count). The molecule has 6 aromatic rings. The number of hydrogen-bond acceptors (Lipinski definition) is 8. The molecule has 2 unspecified atom stereocenters. The molecule has 10 heteroatoms. The lowest BCUT2D eigenvalue weighted by Gasteiger charge is -2.31. The Morgan fingerprint density at radius 1 is 0.660 bits per heavy atom. The molecule has 0 saturated carbocycles. The van der Waals surface area contributed by atoms with Gasteiger partial charge in [0.05, 0.1) is 11.4 Å². The van der Waals surface area contributed by atoms with Crippen LogP contribution < -0.4 is 19.3 Å². The Morgan fingerprint density at radius 2 is 1.17 bits per heavy atom. The van der Waals surface area contributed by atoms with Gasteiger partial charge in [-0.25, -0.2) is 9.97 Å². The van der Waals surface area contributed by atoms with E-state index in [2.05, 4.69) is 16.9 Å². The number of amides is 2. The van der Waals surface area contributed by atoms with Gasteiger partial charge in [0.1, 0.15) is 11.5 Å². The van der Waals surface area contributed by atoms with Gasteiger partial charge < -0.3 is 28.1 Å². The molecule has 4 aromatic carbocycles. The maximum absolute atomic E-state index is 13.0. The van der Waals surface area contributed by atoms with Crippen LogP contribution in [0.3, 0.4) is 0 Å². The van der Waals surface area contributed by atoms with Crippen LogP contribution >= 0.6 is 0 Å². The summed E-state index contributed by atoms with van der Waals surface area (Å²) in [7, 11) is 0. The fraction of sp³-hybridized carbons (Fsp3) is 0.256. The Labute approximate surface area is 310 Å². The van der Waals surface area contributed by atoms with Crippen molar-refractivity contribution in [2.75, 3.05) is 16.3 Å². The van der Waals surface area contributed by atoms with E-state index >= 15 is 0 Å². The number of aromatic nitrogens is 2. The number of benzene rings is 4. The molecular formula is C43H44N4O6. The Balaban J connectivity index is 0.000000178. The van der Waals surface area contributed by atoms with Crippen LogP contribution in [0.1, 0.15) is 82.6 Å². The van der Waals surface area contributed by atoms with Gasteiger partial charge in [0, 0.05) is 36.3 Å². The van der Waals surface area contributed by atoms with Gasteiger partial charge >= 0.3 is 0 Å². The molecule has 0 spiro atoms. The Kier molecular flexibility index (Phi) is 11.1. The number of rotatable bonds is 8. The van der Waals surface area contributed by atoms with Crippen molar-refractivity contribution < 1.29 is 27.9 Å². The minimum absolute atomic E-state index is 0. The van der Waals surface area contributed by atoms with E-state index in [-0.39, 0.29) is 44.4 Å². The summed E-state index contributed by atoms with van der Waals surface area (Å²) < 4.78 is 22.9. The molecule has 0 bridgehead atoms. The van der Waals surface area contributed by atoms with E-state index < -0.39 is 0 Å². The van der Waals surface area contributed by atoms with Crippen LogP contribution in [0.5, 0.6) is 11.5 Å². The molecule has 10 nitrogen and oxygen atoms in total. The largest absolute Gasteiger partial charge is 0.484 e. The first-order valence-corrected chi connectivity index (χ1v) is 17.4. The molecular weight excluding hydrogens is 668 g/mol. The van der Waals surface area contributed by atoms with Crippen molar-refractivity contribution in [3.8, 4) is 11.5 Å². The highest BCUT2D eigenvalue weighted by Crippen LogP contribution is 2.32. The second-order valence-electron chi connectivity index (χ2n) is 13.1. The smallest absolute Gasteiger partial charge is 0.296 e. The standard InChI is InChI=1S/2C21H20N2O3.CH4/c1-14-8-10-16(11-9-14)23-12-15(2)19-20(21(23)24)26-18(22-19)13-25-17-6-4-3-5-7-17;1-14-8-10-16(11-9-14)23-15(2)12-18-20(21(23)24)26-19(22-18)13-25-17-6-4-3-5-7-17;/h2*3-11,15H,12-13H2,1-2H3;1H4. The Hall–Kier alpha value is -6.16. The average molecular weight is 713 g/mol. The number of carbonyl (C=O) groups excluding carboxylic acids is 2. The lowest BCUT2D eigenvalue weighted by Crippen LogP contribution is -2.44. The van der Waals surface area contributed by atoms with Gasteiger partial charge in [-0.2, -0.15) is 0 Å². The van der Waals surface area contributed by atoms with Gasteiger partial charge in [-0.05, 0) is 69.3 Å². The van der Waals surface area contributed by atoms with Gasteiger partial charge in [-0.3, -0.25) is 9.59 Å². The Bertz CT molecular complexity index is 2140. The third kappa shape index (κ3) is 8.17. The van der Waals surface area contributed by atoms with E-state index in [1.807, 2.05) is 130 Å². The van der Waals surface area contributed by atoms with Crippen molar-refractivity contribution in [2.24, 2.45) is 0 Å². The minimum atomic E-state index is -0.152. The summed E-state index contributed by atoms with van der Waals surface area (Å²) in [6, 6.07) is 34.8. The van der Waals surface area contributed by atoms with Crippen LogP contribution in [0.2, 0.25) is 0 Å². The predicted molar refractivity (Wildman–Crippen MR) is 204 cm³/mol. The van der Waals surface area contributed by atoms with Crippen LogP contribution in [0.4, 0.5) is 11.4 Å². The van der Waals surface area contributed by atoms with E-state index in [9.17, 15) is 9.59 Å². The average Bonchev–Trinajstić information content (AvgIpc) is 3.79. The van der Waals surface area contributed by atoms with Gasteiger partial charge in [-0.15, -0.1) is 0 Å². The molecule has 0 N–H and O–H groups in total. The molecule has 0 radical (unpaired) electrons. The lowest BCUT2D eigenvalue weighted by molar-refractivity contribution is 0.0932. The molecule has 53 heavy (non-hydrogen) atoms. The number of anilines is 2. The van der Waals surface area contributed by atoms with Gasteiger partial charge in [0.15, 0.2) is 13.2 Å². The first-order valence-electron chi connectivity index (χ1n) is 17.4. The highest BCUT2D eigenvalue weighted by molar-refractivity contribution is 6.07. The Morgan fingerprint density at radius 3 is 1.74 bits per heavy atom. The molecule has 4 heterocycles. The predicted octanol–water partition coefficient (Wildman–Crippen LogP) is 9.12. The number of fused-ring (bicyclic) bond motifs is 2. The maximum Gasteiger partial charge on any atom is 0.296 e. The van der Waals surface area contributed by atoms with E-state index in [0.717, 1.165) is 34.0 Å². The summed E-state index contributed by atoms with van der Waals surface area (Å²) in [6.07, 6.45) is 0.657. The fourth-order valence-electron chi connectivity index (χ4n) is 6.29. The van der Waals surface area contributed by atoms with E-state index in [1.54, 1.807) is 9.80 Å². The molecule has 0 aliphatic carbocycles. The van der Waals surface area contributed by atoms with Crippen molar-refractivity contribution in [3.63, 3.8) is 0 Å². The third-order valence-corrected chi connectivity index (χ3v) is 9.01. The normalized spacial score (nSPS) is 16.2. The zero-order chi connectivity index (χ0) is 36.2. The summed E-state index contributed by atoms with van der Waals surface area (Å²) in [5.41, 5.74) is 5.48. The number of para-hydroxylation sites is 2. The van der Waals surface area contributed by atoms with E-state index in [4.69, 9.17) is 18.3 Å². The zero-order valence-electron chi connectivity index (χ0n) is 29.6. The topological polar surface area (TPSA) is 111 Å². The highest BCUT2D eigenvalue weighted by Gasteiger charge is 2.37. The molecule has 2 amide bonds. The lowest BCUT2D eigenvalue weighted by atomic mass is 10.00. The summed E-state index contributed by atoms with van der Waals surface area (Å²) >= 11 is 0. The number of ether oxygens (including phenoxy) is 2. The van der Waals surface area contributed by atoms with Crippen LogP contribution in [-0.2, 0) is 19.6 Å². The molecule has 0 saturated heterocycles. The molecule has 2 aromatic heterocycles. The number of aryl methyl sites for hydroxylation is 2. The zero-order valence-corrected chi connectivity index (χ0v) is 29.6. The van der Waals surface area contributed by atoms with Crippen molar-refractivity contribution >= 4 is 23.2 Å². The summed E-state index contributed by atoms with van der Waals surface area (Å²) in [5, 5.41) is 0. The van der Waals surface area contributed by atoms with Crippen molar-refractivity contribution in [1.29, 1.82) is 0 Å². The number of oxazole rings is 2. The first kappa shape index (κ1) is 36.6. The second kappa shape index (κ2) is 16.0. The number of hydrogen-bond donors (Lipinski definition) is 0. The quantitative estimate of drug-likeness (QED) is 0.154. The van der Waals surface area contributed by atoms with Gasteiger partial charge in [0.25, 0.3) is 11.8 Å². The summed E-state index contributed by atoms with van der Waals surface area (Å²) in [6.45, 7) is 9.11. The minimum Gasteiger partial charge on any atom is -0.484 e. The molecule has 272 valence electrons. The van der Waals surface area contributed by atoms with Crippen molar-refractivity contribution in [3.05, 3.63) is 155 Å². The third-order valence-electron chi connectivity index (χ3n) is 9.01. The molecule has 0 fully saturated rings. The summed E-state index contributed by atoms with van der Waals surface area (Å²) in [4.78, 5) is 38.3. The van der Waals surface area contributed by atoms with Crippen LogP contribution in [0.15, 0.2) is 118 Å². The van der Waals surface area contributed by atoms with Crippen LogP contribution in [-0.4, -0.2) is 34.4 Å². The second-order valence-corrected chi connectivity index (χ2v) is 13.1. The van der Waals surface area contributed by atoms with Crippen LogP contribution in [0.25, 0.3) is 0 Å². The monoisotopic (exact) mass is 712 g/mol. The fourth-order valence-corrected chi connectivity index (χ4v) is 6.29. The van der Waals surface area contributed by atoms with Crippen molar-refractivity contribution in [2.45, 2.75) is 66.7 Å². The maximum atomic E-state index is 13.0. The number of carbonyl (C=O) groups is 2. The number of nitrogens with zero attached hydrogens (tertiary/aromatic N) is 4. The van der Waals surface area contributed by atoms with E-state index in [1.165, 1.54) is 0 Å². The van der Waals surface area contributed by atoms with Crippen LogP contribution in [0, 0.1) is 13.8 Å². The van der Waals surface area contributed by atoms with Gasteiger partial charge in [-0.1, -0.05) is 86.1 Å². The van der Waals surface area contributed by atoms with E-state index in [0.29, 0.717) is 47.7 Å². The molecule has 2 aliphatic heterocycles. The molecule has 2 atom stereocenters. The summed E-state index contributed by atoms with van der Waals surface area (Å²) in [5.74, 6) is 2.75. The highest BCUT2D eigenvalue weighted by atomic mass is 16.5. The SMILES string of the molecule is C.Cc1ccc(N2C(=O)c3oc(COc4ccccc4)nc3CC2C)cc1.Cc1ccc(N2CC(C)c3nc(COc4ccccc4)oc3C2=O)cc1. The molecule has 2 aliphatic rings. The first-order chi connectivity index (χ1) is 25.2.